The molecule has 1 aliphatic rings. The van der Waals surface area contributed by atoms with Crippen molar-refractivity contribution in [2.24, 2.45) is 10.4 Å². The van der Waals surface area contributed by atoms with E-state index in [0.29, 0.717) is 18.6 Å². The highest BCUT2D eigenvalue weighted by molar-refractivity contribution is 5.79. The minimum atomic E-state index is 0.451. The second-order valence-corrected chi connectivity index (χ2v) is 6.83. The molecule has 1 aromatic rings. The van der Waals surface area contributed by atoms with Gasteiger partial charge in [0.15, 0.2) is 5.96 Å². The molecule has 5 heteroatoms. The van der Waals surface area contributed by atoms with Gasteiger partial charge >= 0.3 is 0 Å². The Morgan fingerprint density at radius 1 is 1.20 bits per heavy atom. The lowest BCUT2D eigenvalue weighted by molar-refractivity contribution is 0.146. The van der Waals surface area contributed by atoms with E-state index in [1.54, 1.807) is 7.11 Å². The molecule has 1 saturated carbocycles. The molecular formula is C20H33N3O2. The second kappa shape index (κ2) is 10.3. The van der Waals surface area contributed by atoms with Gasteiger partial charge in [-0.05, 0) is 42.4 Å². The number of hydrogen-bond donors (Lipinski definition) is 2. The topological polar surface area (TPSA) is 54.9 Å². The first-order valence-corrected chi connectivity index (χ1v) is 9.36. The summed E-state index contributed by atoms with van der Waals surface area (Å²) in [6, 6.07) is 8.13. The van der Waals surface area contributed by atoms with Crippen LogP contribution in [-0.4, -0.2) is 39.9 Å². The molecule has 2 rings (SSSR count). The number of nitrogens with one attached hydrogen (secondary N) is 2. The Morgan fingerprint density at radius 2 is 2.00 bits per heavy atom. The average Bonchev–Trinajstić information content (AvgIpc) is 3.12. The van der Waals surface area contributed by atoms with Crippen LogP contribution in [-0.2, 0) is 11.3 Å². The second-order valence-electron chi connectivity index (χ2n) is 6.83. The fourth-order valence-corrected chi connectivity index (χ4v) is 3.45. The van der Waals surface area contributed by atoms with Crippen LogP contribution in [0.5, 0.6) is 5.75 Å². The number of nitrogens with zero attached hydrogens (tertiary/aromatic N) is 1. The molecular weight excluding hydrogens is 314 g/mol. The zero-order valence-corrected chi connectivity index (χ0v) is 15.9. The lowest BCUT2D eigenvalue weighted by atomic mass is 9.83. The Hall–Kier alpha value is -1.75. The SMILES string of the molecule is CCC1(CNC(=NC)NCc2cccc(OCCOC)c2)CCCC1. The van der Waals surface area contributed by atoms with E-state index in [-0.39, 0.29) is 0 Å². The van der Waals surface area contributed by atoms with Gasteiger partial charge in [-0.2, -0.15) is 0 Å². The van der Waals surface area contributed by atoms with Gasteiger partial charge in [0.2, 0.25) is 0 Å². The van der Waals surface area contributed by atoms with Crippen LogP contribution >= 0.6 is 0 Å². The summed E-state index contributed by atoms with van der Waals surface area (Å²) in [6.07, 6.45) is 6.61. The summed E-state index contributed by atoms with van der Waals surface area (Å²) in [5.74, 6) is 1.74. The predicted molar refractivity (Wildman–Crippen MR) is 103 cm³/mol. The van der Waals surface area contributed by atoms with E-state index in [4.69, 9.17) is 9.47 Å². The fourth-order valence-electron chi connectivity index (χ4n) is 3.45. The predicted octanol–water partition coefficient (Wildman–Crippen LogP) is 3.35. The molecule has 0 atom stereocenters. The third-order valence-electron chi connectivity index (χ3n) is 5.18. The summed E-state index contributed by atoms with van der Waals surface area (Å²) in [5, 5.41) is 6.93. The van der Waals surface area contributed by atoms with Gasteiger partial charge < -0.3 is 20.1 Å². The van der Waals surface area contributed by atoms with Crippen LogP contribution in [0.1, 0.15) is 44.6 Å². The number of benzene rings is 1. The monoisotopic (exact) mass is 347 g/mol. The summed E-state index contributed by atoms with van der Waals surface area (Å²) in [7, 11) is 3.50. The quantitative estimate of drug-likeness (QED) is 0.409. The third-order valence-corrected chi connectivity index (χ3v) is 5.18. The lowest BCUT2D eigenvalue weighted by Gasteiger charge is -2.28. The van der Waals surface area contributed by atoms with Crippen molar-refractivity contribution >= 4 is 5.96 Å². The number of guanidine groups is 1. The van der Waals surface area contributed by atoms with Crippen molar-refractivity contribution < 1.29 is 9.47 Å². The number of rotatable bonds is 9. The summed E-state index contributed by atoms with van der Waals surface area (Å²) >= 11 is 0. The van der Waals surface area contributed by atoms with E-state index in [0.717, 1.165) is 24.8 Å². The van der Waals surface area contributed by atoms with Crippen LogP contribution in [0.25, 0.3) is 0 Å². The van der Waals surface area contributed by atoms with E-state index < -0.39 is 0 Å². The molecule has 1 aliphatic carbocycles. The molecule has 5 nitrogen and oxygen atoms in total. The van der Waals surface area contributed by atoms with Gasteiger partial charge in [0, 0.05) is 27.2 Å². The van der Waals surface area contributed by atoms with Crippen LogP contribution in [0.3, 0.4) is 0 Å². The molecule has 0 saturated heterocycles. The standard InChI is InChI=1S/C20H33N3O2/c1-4-20(10-5-6-11-20)16-23-19(21-2)22-15-17-8-7-9-18(14-17)25-13-12-24-3/h7-9,14H,4-6,10-13,15-16H2,1-3H3,(H2,21,22,23). The van der Waals surface area contributed by atoms with E-state index in [1.165, 1.54) is 37.7 Å². The first-order chi connectivity index (χ1) is 12.2. The van der Waals surface area contributed by atoms with Crippen molar-refractivity contribution in [3.05, 3.63) is 29.8 Å². The van der Waals surface area contributed by atoms with Gasteiger partial charge in [-0.15, -0.1) is 0 Å². The van der Waals surface area contributed by atoms with Crippen LogP contribution in [0.4, 0.5) is 0 Å². The minimum absolute atomic E-state index is 0.451. The smallest absolute Gasteiger partial charge is 0.191 e. The van der Waals surface area contributed by atoms with Gasteiger partial charge in [0.25, 0.3) is 0 Å². The first-order valence-electron chi connectivity index (χ1n) is 9.36. The molecule has 25 heavy (non-hydrogen) atoms. The number of aliphatic imine (C=N–C) groups is 1. The summed E-state index contributed by atoms with van der Waals surface area (Å²) in [4.78, 5) is 4.36. The molecule has 0 aliphatic heterocycles. The average molecular weight is 348 g/mol. The van der Waals surface area contributed by atoms with Gasteiger partial charge in [-0.25, -0.2) is 0 Å². The van der Waals surface area contributed by atoms with E-state index in [9.17, 15) is 0 Å². The Morgan fingerprint density at radius 3 is 2.68 bits per heavy atom. The van der Waals surface area contributed by atoms with Crippen LogP contribution < -0.4 is 15.4 Å². The summed E-state index contributed by atoms with van der Waals surface area (Å²) in [5.41, 5.74) is 1.62. The number of hydrogen-bond acceptors (Lipinski definition) is 3. The van der Waals surface area contributed by atoms with Crippen molar-refractivity contribution in [3.8, 4) is 5.75 Å². The first kappa shape index (κ1) is 19.6. The fraction of sp³-hybridized carbons (Fsp3) is 0.650. The highest BCUT2D eigenvalue weighted by Gasteiger charge is 2.31. The van der Waals surface area contributed by atoms with Gasteiger partial charge in [0.05, 0.1) is 6.61 Å². The largest absolute Gasteiger partial charge is 0.491 e. The molecule has 0 radical (unpaired) electrons. The van der Waals surface area contributed by atoms with Crippen molar-refractivity contribution in [1.82, 2.24) is 10.6 Å². The maximum absolute atomic E-state index is 5.66. The molecule has 0 aromatic heterocycles. The molecule has 0 amide bonds. The van der Waals surface area contributed by atoms with Crippen molar-refractivity contribution in [2.45, 2.75) is 45.6 Å². The van der Waals surface area contributed by atoms with Crippen LogP contribution in [0.15, 0.2) is 29.3 Å². The zero-order chi connectivity index (χ0) is 18.0. The molecule has 0 heterocycles. The van der Waals surface area contributed by atoms with Gasteiger partial charge in [-0.1, -0.05) is 31.9 Å². The molecule has 0 bridgehead atoms. The number of methoxy groups -OCH3 is 1. The maximum atomic E-state index is 5.66. The molecule has 1 fully saturated rings. The third kappa shape index (κ3) is 6.24. The zero-order valence-electron chi connectivity index (χ0n) is 15.9. The summed E-state index contributed by atoms with van der Waals surface area (Å²) < 4.78 is 10.7. The lowest BCUT2D eigenvalue weighted by Crippen LogP contribution is -2.42. The molecule has 140 valence electrons. The molecule has 1 aromatic carbocycles. The van der Waals surface area contributed by atoms with E-state index in [2.05, 4.69) is 34.7 Å². The Kier molecular flexibility index (Phi) is 8.06. The molecule has 0 spiro atoms. The Balaban J connectivity index is 1.81. The van der Waals surface area contributed by atoms with Crippen LogP contribution in [0.2, 0.25) is 0 Å². The van der Waals surface area contributed by atoms with Gasteiger partial charge in [0.1, 0.15) is 12.4 Å². The normalized spacial score (nSPS) is 16.7. The van der Waals surface area contributed by atoms with Gasteiger partial charge in [-0.3, -0.25) is 4.99 Å². The Labute approximate surface area is 152 Å². The van der Waals surface area contributed by atoms with E-state index in [1.807, 2.05) is 19.2 Å². The maximum Gasteiger partial charge on any atom is 0.191 e. The van der Waals surface area contributed by atoms with E-state index >= 15 is 0 Å². The molecule has 0 unspecified atom stereocenters. The highest BCUT2D eigenvalue weighted by Crippen LogP contribution is 2.40. The van der Waals surface area contributed by atoms with Crippen LogP contribution in [0, 0.1) is 5.41 Å². The minimum Gasteiger partial charge on any atom is -0.491 e. The van der Waals surface area contributed by atoms with Crippen molar-refractivity contribution in [2.75, 3.05) is 33.9 Å². The summed E-state index contributed by atoms with van der Waals surface area (Å²) in [6.45, 7) is 5.19. The van der Waals surface area contributed by atoms with Crippen molar-refractivity contribution in [3.63, 3.8) is 0 Å². The number of ether oxygens (including phenoxy) is 2. The molecule has 2 N–H and O–H groups in total. The Bertz CT molecular complexity index is 539. The highest BCUT2D eigenvalue weighted by atomic mass is 16.5. The van der Waals surface area contributed by atoms with Crippen molar-refractivity contribution in [1.29, 1.82) is 0 Å².